The van der Waals surface area contributed by atoms with Gasteiger partial charge >= 0.3 is 0 Å². The van der Waals surface area contributed by atoms with Gasteiger partial charge < -0.3 is 0 Å². The Kier molecular flexibility index (Phi) is 3.11. The largest absolute Gasteiger partial charge is 0.246 e. The summed E-state index contributed by atoms with van der Waals surface area (Å²) in [6, 6.07) is 0. The molecule has 5 nitrogen and oxygen atoms in total. The lowest BCUT2D eigenvalue weighted by Crippen LogP contribution is -2.04. The third kappa shape index (κ3) is 2.15. The maximum absolute atomic E-state index is 6.13. The van der Waals surface area contributed by atoms with Crippen LogP contribution in [0.4, 0.5) is 0 Å². The summed E-state index contributed by atoms with van der Waals surface area (Å²) in [5, 5.41) is 8.24. The summed E-state index contributed by atoms with van der Waals surface area (Å²) in [6.07, 6.45) is 1.68. The Hall–Kier alpha value is -1.49. The minimum Gasteiger partial charge on any atom is -0.246 e. The number of rotatable bonds is 2. The molecule has 6 heteroatoms. The van der Waals surface area contributed by atoms with Crippen molar-refractivity contribution in [3.63, 3.8) is 0 Å². The average molecular weight is 252 g/mol. The Morgan fingerprint density at radius 1 is 1.29 bits per heavy atom. The second-order valence-electron chi connectivity index (χ2n) is 4.24. The van der Waals surface area contributed by atoms with E-state index in [1.807, 2.05) is 27.8 Å². The van der Waals surface area contributed by atoms with E-state index >= 15 is 0 Å². The molecule has 0 radical (unpaired) electrons. The van der Waals surface area contributed by atoms with Crippen LogP contribution in [0.25, 0.3) is 11.4 Å². The van der Waals surface area contributed by atoms with Gasteiger partial charge in [-0.3, -0.25) is 0 Å². The van der Waals surface area contributed by atoms with Crippen LogP contribution in [-0.2, 0) is 7.05 Å². The van der Waals surface area contributed by atoms with Crippen LogP contribution in [0.2, 0.25) is 5.15 Å². The summed E-state index contributed by atoms with van der Waals surface area (Å²) in [4.78, 5) is 8.82. The first kappa shape index (κ1) is 12.0. The highest BCUT2D eigenvalue weighted by Crippen LogP contribution is 2.26. The van der Waals surface area contributed by atoms with E-state index < -0.39 is 0 Å². The summed E-state index contributed by atoms with van der Waals surface area (Å²) >= 11 is 6.13. The first-order valence-corrected chi connectivity index (χ1v) is 5.77. The molecule has 0 aliphatic carbocycles. The zero-order valence-electron chi connectivity index (χ0n) is 10.3. The Balaban J connectivity index is 2.65. The molecule has 0 N–H and O–H groups in total. The Morgan fingerprint density at radius 2 is 2.00 bits per heavy atom. The van der Waals surface area contributed by atoms with Crippen LogP contribution in [0, 0.1) is 6.92 Å². The maximum atomic E-state index is 6.13. The SMILES string of the molecule is Cc1c(Cl)nc(C(C)C)nc1-c1cnnn1C. The molecular weight excluding hydrogens is 238 g/mol. The standard InChI is InChI=1S/C11H14ClN5/c1-6(2)11-14-9(7(3)10(12)15-11)8-5-13-16-17(8)4/h5-6H,1-4H3. The van der Waals surface area contributed by atoms with E-state index in [1.54, 1.807) is 10.9 Å². The number of hydrogen-bond donors (Lipinski definition) is 0. The molecule has 2 heterocycles. The van der Waals surface area contributed by atoms with Crippen molar-refractivity contribution in [1.82, 2.24) is 25.0 Å². The molecule has 0 aliphatic heterocycles. The second kappa shape index (κ2) is 4.41. The van der Waals surface area contributed by atoms with Gasteiger partial charge in [-0.25, -0.2) is 14.6 Å². The third-order valence-corrected chi connectivity index (χ3v) is 2.95. The van der Waals surface area contributed by atoms with E-state index in [-0.39, 0.29) is 5.92 Å². The van der Waals surface area contributed by atoms with Gasteiger partial charge in [-0.1, -0.05) is 30.7 Å². The molecule has 0 unspecified atom stereocenters. The van der Waals surface area contributed by atoms with Gasteiger partial charge in [0.25, 0.3) is 0 Å². The summed E-state index contributed by atoms with van der Waals surface area (Å²) < 4.78 is 1.68. The molecule has 0 amide bonds. The van der Waals surface area contributed by atoms with Crippen molar-refractivity contribution >= 4 is 11.6 Å². The molecule has 0 bridgehead atoms. The molecule has 0 saturated heterocycles. The van der Waals surface area contributed by atoms with Crippen molar-refractivity contribution in [3.8, 4) is 11.4 Å². The lowest BCUT2D eigenvalue weighted by Gasteiger charge is -2.10. The zero-order chi connectivity index (χ0) is 12.6. The number of nitrogens with zero attached hydrogens (tertiary/aromatic N) is 5. The second-order valence-corrected chi connectivity index (χ2v) is 4.60. The van der Waals surface area contributed by atoms with Gasteiger partial charge in [0, 0.05) is 18.5 Å². The minimum atomic E-state index is 0.230. The summed E-state index contributed by atoms with van der Waals surface area (Å²) in [7, 11) is 1.83. The van der Waals surface area contributed by atoms with Gasteiger partial charge in [0.05, 0.1) is 11.9 Å². The fourth-order valence-corrected chi connectivity index (χ4v) is 1.69. The average Bonchev–Trinajstić information content (AvgIpc) is 2.68. The van der Waals surface area contributed by atoms with Crippen LogP contribution >= 0.6 is 11.6 Å². The van der Waals surface area contributed by atoms with E-state index in [1.165, 1.54) is 0 Å². The molecule has 0 aliphatic rings. The lowest BCUT2D eigenvalue weighted by atomic mass is 10.1. The lowest BCUT2D eigenvalue weighted by molar-refractivity contribution is 0.715. The topological polar surface area (TPSA) is 56.5 Å². The highest BCUT2D eigenvalue weighted by molar-refractivity contribution is 6.30. The van der Waals surface area contributed by atoms with Crippen LogP contribution in [0.5, 0.6) is 0 Å². The van der Waals surface area contributed by atoms with Gasteiger partial charge in [0.1, 0.15) is 16.7 Å². The molecule has 0 spiro atoms. The van der Waals surface area contributed by atoms with Crippen molar-refractivity contribution < 1.29 is 0 Å². The van der Waals surface area contributed by atoms with Crippen molar-refractivity contribution in [2.24, 2.45) is 7.05 Å². The number of aromatic nitrogens is 5. The highest BCUT2D eigenvalue weighted by Gasteiger charge is 2.15. The molecule has 0 atom stereocenters. The van der Waals surface area contributed by atoms with E-state index in [0.717, 1.165) is 22.8 Å². The van der Waals surface area contributed by atoms with Crippen molar-refractivity contribution in [2.75, 3.05) is 0 Å². The summed E-state index contributed by atoms with van der Waals surface area (Å²) in [5.41, 5.74) is 2.48. The first-order chi connectivity index (χ1) is 8.00. The molecule has 0 aromatic carbocycles. The molecule has 2 aromatic heterocycles. The van der Waals surface area contributed by atoms with Gasteiger partial charge in [-0.2, -0.15) is 0 Å². The Morgan fingerprint density at radius 3 is 2.53 bits per heavy atom. The number of hydrogen-bond acceptors (Lipinski definition) is 4. The Bertz CT molecular complexity index is 547. The van der Waals surface area contributed by atoms with Gasteiger partial charge in [-0.05, 0) is 6.92 Å². The molecule has 0 fully saturated rings. The van der Waals surface area contributed by atoms with Crippen LogP contribution in [0.1, 0.15) is 31.2 Å². The zero-order valence-corrected chi connectivity index (χ0v) is 11.0. The van der Waals surface area contributed by atoms with E-state index in [9.17, 15) is 0 Å². The maximum Gasteiger partial charge on any atom is 0.136 e. The fraction of sp³-hybridized carbons (Fsp3) is 0.455. The molecule has 90 valence electrons. The number of aryl methyl sites for hydroxylation is 1. The quantitative estimate of drug-likeness (QED) is 0.769. The predicted octanol–water partition coefficient (Wildman–Crippen LogP) is 2.36. The Labute approximate surface area is 105 Å². The number of halogens is 1. The van der Waals surface area contributed by atoms with Gasteiger partial charge in [0.2, 0.25) is 0 Å². The first-order valence-electron chi connectivity index (χ1n) is 5.39. The molecule has 2 aromatic rings. The van der Waals surface area contributed by atoms with Gasteiger partial charge in [-0.15, -0.1) is 5.10 Å². The van der Waals surface area contributed by atoms with Crippen LogP contribution < -0.4 is 0 Å². The van der Waals surface area contributed by atoms with E-state index in [2.05, 4.69) is 20.3 Å². The summed E-state index contributed by atoms with van der Waals surface area (Å²) in [5.74, 6) is 0.963. The predicted molar refractivity (Wildman–Crippen MR) is 65.9 cm³/mol. The smallest absolute Gasteiger partial charge is 0.136 e. The molecule has 17 heavy (non-hydrogen) atoms. The van der Waals surface area contributed by atoms with Crippen LogP contribution in [0.3, 0.4) is 0 Å². The fourth-order valence-electron chi connectivity index (χ4n) is 1.52. The monoisotopic (exact) mass is 251 g/mol. The molecular formula is C11H14ClN5. The van der Waals surface area contributed by atoms with Crippen LogP contribution in [-0.4, -0.2) is 25.0 Å². The molecule has 0 saturated carbocycles. The van der Waals surface area contributed by atoms with E-state index in [0.29, 0.717) is 5.15 Å². The third-order valence-electron chi connectivity index (χ3n) is 2.58. The van der Waals surface area contributed by atoms with Crippen molar-refractivity contribution in [2.45, 2.75) is 26.7 Å². The highest BCUT2D eigenvalue weighted by atomic mass is 35.5. The molecule has 2 rings (SSSR count). The van der Waals surface area contributed by atoms with Crippen LogP contribution in [0.15, 0.2) is 6.20 Å². The van der Waals surface area contributed by atoms with Crippen molar-refractivity contribution in [3.05, 3.63) is 22.7 Å². The normalized spacial score (nSPS) is 11.2. The minimum absolute atomic E-state index is 0.230. The summed E-state index contributed by atoms with van der Waals surface area (Å²) in [6.45, 7) is 5.97. The van der Waals surface area contributed by atoms with Gasteiger partial charge in [0.15, 0.2) is 0 Å². The van der Waals surface area contributed by atoms with Crippen molar-refractivity contribution in [1.29, 1.82) is 0 Å². The van der Waals surface area contributed by atoms with E-state index in [4.69, 9.17) is 11.6 Å².